The molecule has 6 aromatic rings. The van der Waals surface area contributed by atoms with Crippen LogP contribution in [0.1, 0.15) is 75.1 Å². The Hall–Kier alpha value is -8.70. The lowest BCUT2D eigenvalue weighted by Gasteiger charge is -2.27. The van der Waals surface area contributed by atoms with E-state index in [9.17, 15) is 57.5 Å². The fourth-order valence-corrected chi connectivity index (χ4v) is 14.3. The van der Waals surface area contributed by atoms with Crippen molar-refractivity contribution < 1.29 is 109 Å². The smallest absolute Gasteiger partial charge is 0.445 e. The molecule has 3 aliphatic heterocycles. The molecule has 9 amide bonds. The number of nitrogens with one attached hydrogen (secondary N) is 3. The minimum Gasteiger partial charge on any atom is -0.445 e. The molecule has 4 atom stereocenters. The van der Waals surface area contributed by atoms with Gasteiger partial charge in [0.1, 0.15) is 30.2 Å². The number of alkyl halides is 2. The van der Waals surface area contributed by atoms with Crippen molar-refractivity contribution >= 4 is 135 Å². The van der Waals surface area contributed by atoms with Crippen molar-refractivity contribution in [1.82, 2.24) is 25.3 Å². The number of carbonyl (C=O) groups excluding carboxylic acids is 9. The summed E-state index contributed by atoms with van der Waals surface area (Å²) in [5.74, 6) is -3.83. The molecule has 0 unspecified atom stereocenters. The molecule has 4 heterocycles. The molecule has 31 nitrogen and oxygen atoms in total. The number of ether oxygens (including phenoxy) is 10. The normalized spacial score (nSPS) is 15.1. The predicted molar refractivity (Wildman–Crippen MR) is 413 cm³/mol. The van der Waals surface area contributed by atoms with E-state index in [1.807, 2.05) is 12.1 Å². The number of thiophene rings is 1. The Kier molecular flexibility index (Phi) is 33.3. The summed E-state index contributed by atoms with van der Waals surface area (Å²) in [6.45, 7) is 9.28. The molecule has 0 fully saturated rings. The Labute approximate surface area is 656 Å². The van der Waals surface area contributed by atoms with Gasteiger partial charge in [0.15, 0.2) is 0 Å². The quantitative estimate of drug-likeness (QED) is 0.0104. The highest BCUT2D eigenvalue weighted by Crippen LogP contribution is 2.50. The van der Waals surface area contributed by atoms with Crippen LogP contribution in [0.4, 0.5) is 26.7 Å². The average Bonchev–Trinajstić information content (AvgIpc) is 1.61. The van der Waals surface area contributed by atoms with Crippen molar-refractivity contribution in [3.63, 3.8) is 0 Å². The van der Waals surface area contributed by atoms with Crippen LogP contribution in [0.5, 0.6) is 11.5 Å². The van der Waals surface area contributed by atoms with E-state index in [4.69, 9.17) is 75.1 Å². The van der Waals surface area contributed by atoms with Gasteiger partial charge in [0.2, 0.25) is 17.7 Å². The number of hydrogen-bond donors (Lipinski definition) is 5. The van der Waals surface area contributed by atoms with Crippen molar-refractivity contribution in [1.29, 1.82) is 0 Å². The van der Waals surface area contributed by atoms with Crippen LogP contribution in [0.25, 0.3) is 21.5 Å². The van der Waals surface area contributed by atoms with Gasteiger partial charge in [-0.3, -0.25) is 48.2 Å². The highest BCUT2D eigenvalue weighted by Gasteiger charge is 2.40. The summed E-state index contributed by atoms with van der Waals surface area (Å²) in [4.78, 5) is 147. The first kappa shape index (κ1) is 86.3. The van der Waals surface area contributed by atoms with E-state index >= 15 is 0 Å². The second kappa shape index (κ2) is 42.8. The molecule has 3 aliphatic rings. The molecule has 0 saturated heterocycles. The molecule has 111 heavy (non-hydrogen) atoms. The Morgan fingerprint density at radius 3 is 1.50 bits per heavy atom. The molecule has 5 N–H and O–H groups in total. The van der Waals surface area contributed by atoms with E-state index in [1.165, 1.54) is 54.1 Å². The van der Waals surface area contributed by atoms with Crippen molar-refractivity contribution in [2.75, 3.05) is 179 Å². The number of amides is 9. The van der Waals surface area contributed by atoms with Gasteiger partial charge >= 0.3 is 20.0 Å². The zero-order valence-corrected chi connectivity index (χ0v) is 65.5. The van der Waals surface area contributed by atoms with Gasteiger partial charge in [-0.05, 0) is 64.6 Å². The second-order valence-electron chi connectivity index (χ2n) is 26.2. The van der Waals surface area contributed by atoms with E-state index in [0.29, 0.717) is 97.0 Å². The third-order valence-electron chi connectivity index (χ3n) is 18.1. The molecular formula is C76H93Cl2N8O23PS. The number of nitrogens with zero attached hydrogens (tertiary/aromatic N) is 5. The zero-order valence-electron chi connectivity index (χ0n) is 62.3. The molecule has 0 radical (unpaired) electrons. The SMILES string of the molecule is COCCN(CCN(CCOC)C(=O)Oc1cc2c(c3ccccc13)[C@H](CCl)CN2C(=O)c1ccc(C(=O)N2C[C@@H](CCl)c3c2cc(OP(=O)(O)O)c2ccccc32)s1)C(=O)OCc1ccc(NC(=O)[C@H](C)NC(=O)[C@@H](NC(=O)CCOCCOCCOCCOCCOCCOCCN2C(=O)C=CC2=O)C(C)C)cc1. The van der Waals surface area contributed by atoms with Gasteiger partial charge < -0.3 is 87.4 Å². The lowest BCUT2D eigenvalue weighted by atomic mass is 9.95. The summed E-state index contributed by atoms with van der Waals surface area (Å²) < 4.78 is 72.9. The number of benzene rings is 5. The Balaban J connectivity index is 0.702. The van der Waals surface area contributed by atoms with E-state index in [1.54, 1.807) is 97.6 Å². The minimum atomic E-state index is -5.02. The average molecular weight is 1620 g/mol. The van der Waals surface area contributed by atoms with Crippen LogP contribution in [0.3, 0.4) is 0 Å². The maximum Gasteiger partial charge on any atom is 0.524 e. The van der Waals surface area contributed by atoms with Crippen molar-refractivity contribution in [2.24, 2.45) is 5.92 Å². The fraction of sp³-hybridized carbons (Fsp3) is 0.461. The van der Waals surface area contributed by atoms with Gasteiger partial charge in [0.25, 0.3) is 23.6 Å². The number of phosphoric ester groups is 1. The third kappa shape index (κ3) is 24.2. The molecule has 600 valence electrons. The Morgan fingerprint density at radius 2 is 1.03 bits per heavy atom. The van der Waals surface area contributed by atoms with Crippen LogP contribution < -0.4 is 35.0 Å². The van der Waals surface area contributed by atoms with E-state index < -0.39 is 61.6 Å². The monoisotopic (exact) mass is 1620 g/mol. The summed E-state index contributed by atoms with van der Waals surface area (Å²) in [6, 6.07) is 24.9. The van der Waals surface area contributed by atoms with Gasteiger partial charge in [-0.15, -0.1) is 34.5 Å². The largest absolute Gasteiger partial charge is 0.524 e. The lowest BCUT2D eigenvalue weighted by molar-refractivity contribution is -0.137. The summed E-state index contributed by atoms with van der Waals surface area (Å²) in [5.41, 5.74) is 3.25. The summed E-state index contributed by atoms with van der Waals surface area (Å²) in [7, 11) is -2.06. The summed E-state index contributed by atoms with van der Waals surface area (Å²) in [5, 5.41) is 10.5. The molecular weight excluding hydrogens is 1530 g/mol. The van der Waals surface area contributed by atoms with E-state index in [0.717, 1.165) is 27.4 Å². The minimum absolute atomic E-state index is 0.0207. The maximum absolute atomic E-state index is 14.8. The Bertz CT molecular complexity index is 4280. The molecule has 0 bridgehead atoms. The van der Waals surface area contributed by atoms with Gasteiger partial charge in [-0.2, -0.15) is 0 Å². The van der Waals surface area contributed by atoms with Crippen molar-refractivity contribution in [2.45, 2.75) is 57.7 Å². The second-order valence-corrected chi connectivity index (χ2v) is 29.0. The van der Waals surface area contributed by atoms with Gasteiger partial charge in [0.05, 0.1) is 120 Å². The Morgan fingerprint density at radius 1 is 0.568 bits per heavy atom. The maximum atomic E-state index is 14.8. The van der Waals surface area contributed by atoms with E-state index in [2.05, 4.69) is 16.0 Å². The van der Waals surface area contributed by atoms with Crippen LogP contribution in [-0.2, 0) is 77.8 Å². The topological polar surface area (TPSA) is 365 Å². The highest BCUT2D eigenvalue weighted by atomic mass is 35.5. The number of halogens is 2. The van der Waals surface area contributed by atoms with Crippen molar-refractivity contribution in [3.8, 4) is 11.5 Å². The number of imide groups is 1. The van der Waals surface area contributed by atoms with Crippen LogP contribution in [0.15, 0.2) is 109 Å². The van der Waals surface area contributed by atoms with Crippen LogP contribution >= 0.6 is 42.4 Å². The highest BCUT2D eigenvalue weighted by molar-refractivity contribution is 7.46. The number of methoxy groups -OCH3 is 2. The number of fused-ring (bicyclic) bond motifs is 6. The first-order chi connectivity index (χ1) is 53.5. The molecule has 1 aromatic heterocycles. The van der Waals surface area contributed by atoms with Crippen LogP contribution in [0, 0.1) is 5.92 Å². The summed E-state index contributed by atoms with van der Waals surface area (Å²) >= 11 is 14.1. The summed E-state index contributed by atoms with van der Waals surface area (Å²) in [6.07, 6.45) is 0.942. The van der Waals surface area contributed by atoms with Gasteiger partial charge in [0, 0.05) is 124 Å². The van der Waals surface area contributed by atoms with Gasteiger partial charge in [-0.25, -0.2) is 14.2 Å². The number of rotatable bonds is 45. The molecule has 5 aromatic carbocycles. The zero-order chi connectivity index (χ0) is 79.6. The number of phosphoric acid groups is 1. The molecule has 9 rings (SSSR count). The van der Waals surface area contributed by atoms with E-state index in [-0.39, 0.29) is 161 Å². The first-order valence-corrected chi connectivity index (χ1v) is 39.5. The van der Waals surface area contributed by atoms with Gasteiger partial charge in [-0.1, -0.05) is 74.5 Å². The first-order valence-electron chi connectivity index (χ1n) is 36.1. The van der Waals surface area contributed by atoms with Crippen LogP contribution in [-0.4, -0.2) is 254 Å². The molecule has 0 saturated carbocycles. The molecule has 35 heteroatoms. The lowest BCUT2D eigenvalue weighted by Crippen LogP contribution is -2.53. The number of anilines is 3. The van der Waals surface area contributed by atoms with Crippen LogP contribution in [0.2, 0.25) is 0 Å². The standard InChI is InChI=1S/C76H93Cl2N8O23PS/c1-49(2)70(81-65(87)22-28-101-32-34-103-36-38-105-40-41-106-39-37-104-35-33-102-31-27-84-66(88)20-21-67(84)89)72(91)79-50(3)71(90)80-54-16-14-51(15-17-54)48-107-75(94)82(25-29-99-4)23-24-83(26-30-100-5)76(95)108-61-42-59-68(57-12-8-6-10-55(57)61)52(44-77)46-85(59)73(92)63-18-19-64(111-63)74(93)86-47-53(45-78)69-58-13-9-7-11-56(58)62(43-60(69)86)109-110(96,97)98/h6-21,42-43,49-50,52-53,70H,22-41,44-48H2,1-5H3,(H,79,91)(H,80,90)(H,81,87)(H2,96,97,98)/t50-,52+,53+,70-/m0/s1. The fourth-order valence-electron chi connectivity index (χ4n) is 12.5. The molecule has 0 spiro atoms. The third-order valence-corrected chi connectivity index (χ3v) is 20.4. The number of hydrogen-bond acceptors (Lipinski definition) is 22. The number of carbonyl (C=O) groups is 9. The molecule has 0 aliphatic carbocycles. The van der Waals surface area contributed by atoms with Crippen molar-refractivity contribution in [3.05, 3.63) is 136 Å². The predicted octanol–water partition coefficient (Wildman–Crippen LogP) is 8.22.